The molecule has 1 heterocycles. The summed E-state index contributed by atoms with van der Waals surface area (Å²) in [5, 5.41) is 4.72. The second kappa shape index (κ2) is 11.3. The van der Waals surface area contributed by atoms with Crippen LogP contribution in [0.5, 0.6) is 23.0 Å². The number of halogens is 4. The van der Waals surface area contributed by atoms with Crippen molar-refractivity contribution in [3.63, 3.8) is 0 Å². The zero-order chi connectivity index (χ0) is 28.2. The number of pyridine rings is 1. The van der Waals surface area contributed by atoms with E-state index in [9.17, 15) is 27.2 Å². The van der Waals surface area contributed by atoms with Crippen molar-refractivity contribution in [3.8, 4) is 23.0 Å². The number of alkyl halides is 3. The van der Waals surface area contributed by atoms with Gasteiger partial charge in [0.2, 0.25) is 5.91 Å². The number of amides is 3. The quantitative estimate of drug-likeness (QED) is 0.274. The maximum Gasteiger partial charge on any atom is 0.416 e. The Hall–Kier alpha value is -4.87. The van der Waals surface area contributed by atoms with Crippen molar-refractivity contribution in [2.24, 2.45) is 0 Å². The van der Waals surface area contributed by atoms with Crippen LogP contribution in [0.15, 0.2) is 66.9 Å². The Morgan fingerprint density at radius 3 is 2.31 bits per heavy atom. The molecule has 3 aromatic carbocycles. The topological polar surface area (TPSA) is 98.8 Å². The molecule has 8 nitrogen and oxygen atoms in total. The van der Waals surface area contributed by atoms with Gasteiger partial charge in [0.1, 0.15) is 5.75 Å². The molecule has 0 radical (unpaired) electrons. The molecule has 2 N–H and O–H groups in total. The summed E-state index contributed by atoms with van der Waals surface area (Å²) < 4.78 is 70.5. The first-order chi connectivity index (χ1) is 18.6. The van der Waals surface area contributed by atoms with E-state index >= 15 is 0 Å². The van der Waals surface area contributed by atoms with E-state index in [4.69, 9.17) is 14.2 Å². The summed E-state index contributed by atoms with van der Waals surface area (Å²) in [5.41, 5.74) is -0.768. The standard InChI is InChI=1S/C27H21F4N3O5/c1-37-23-13-17-20(14-24(23)38-2)32-10-9-21(17)39-22-8-7-16(12-19(22)28)33-26(36)34-25(35)11-15-5-3-4-6-18(15)27(29,30)31/h3-10,12-14H,11H2,1-2H3,(H2,33,34,35,36). The predicted octanol–water partition coefficient (Wildman–Crippen LogP) is 6.09. The molecule has 4 aromatic rings. The smallest absolute Gasteiger partial charge is 0.416 e. The minimum Gasteiger partial charge on any atom is -0.493 e. The predicted molar refractivity (Wildman–Crippen MR) is 134 cm³/mol. The highest BCUT2D eigenvalue weighted by Crippen LogP contribution is 2.37. The number of fused-ring (bicyclic) bond motifs is 1. The van der Waals surface area contributed by atoms with Gasteiger partial charge in [-0.1, -0.05) is 18.2 Å². The van der Waals surface area contributed by atoms with Crippen LogP contribution in [0.1, 0.15) is 11.1 Å². The van der Waals surface area contributed by atoms with E-state index in [0.29, 0.717) is 22.4 Å². The first kappa shape index (κ1) is 27.2. The number of nitrogens with one attached hydrogen (secondary N) is 2. The Labute approximate surface area is 219 Å². The number of hydrogen-bond acceptors (Lipinski definition) is 6. The molecule has 0 aliphatic heterocycles. The minimum absolute atomic E-state index is 0.0215. The third-order valence-corrected chi connectivity index (χ3v) is 5.54. The van der Waals surface area contributed by atoms with Crippen LogP contribution in [-0.2, 0) is 17.4 Å². The van der Waals surface area contributed by atoms with Crippen LogP contribution < -0.4 is 24.8 Å². The summed E-state index contributed by atoms with van der Waals surface area (Å²) in [6.45, 7) is 0. The molecule has 0 saturated heterocycles. The first-order valence-electron chi connectivity index (χ1n) is 11.3. The van der Waals surface area contributed by atoms with Crippen LogP contribution in [0.25, 0.3) is 10.9 Å². The number of aromatic nitrogens is 1. The summed E-state index contributed by atoms with van der Waals surface area (Å²) in [6, 6.07) is 11.9. The number of rotatable bonds is 7. The maximum absolute atomic E-state index is 14.8. The normalized spacial score (nSPS) is 11.1. The number of nitrogens with zero attached hydrogens (tertiary/aromatic N) is 1. The lowest BCUT2D eigenvalue weighted by Gasteiger charge is -2.14. The molecule has 39 heavy (non-hydrogen) atoms. The summed E-state index contributed by atoms with van der Waals surface area (Å²) in [4.78, 5) is 28.6. The lowest BCUT2D eigenvalue weighted by Crippen LogP contribution is -2.35. The molecule has 12 heteroatoms. The van der Waals surface area contributed by atoms with Crippen molar-refractivity contribution < 1.29 is 41.4 Å². The van der Waals surface area contributed by atoms with E-state index in [0.717, 1.165) is 18.2 Å². The summed E-state index contributed by atoms with van der Waals surface area (Å²) in [6.07, 6.45) is -3.85. The highest BCUT2D eigenvalue weighted by Gasteiger charge is 2.33. The lowest BCUT2D eigenvalue weighted by atomic mass is 10.0. The number of ether oxygens (including phenoxy) is 3. The van der Waals surface area contributed by atoms with Gasteiger partial charge in [-0.3, -0.25) is 15.1 Å². The van der Waals surface area contributed by atoms with E-state index in [2.05, 4.69) is 10.3 Å². The number of carbonyl (C=O) groups is 2. The van der Waals surface area contributed by atoms with Gasteiger partial charge in [0.05, 0.1) is 31.7 Å². The van der Waals surface area contributed by atoms with Gasteiger partial charge < -0.3 is 19.5 Å². The zero-order valence-electron chi connectivity index (χ0n) is 20.6. The van der Waals surface area contributed by atoms with E-state index in [1.165, 1.54) is 50.7 Å². The van der Waals surface area contributed by atoms with Gasteiger partial charge in [-0.2, -0.15) is 13.2 Å². The van der Waals surface area contributed by atoms with Gasteiger partial charge in [-0.25, -0.2) is 9.18 Å². The lowest BCUT2D eigenvalue weighted by molar-refractivity contribution is -0.138. The Morgan fingerprint density at radius 1 is 0.897 bits per heavy atom. The molecule has 0 fully saturated rings. The number of methoxy groups -OCH3 is 2. The summed E-state index contributed by atoms with van der Waals surface area (Å²) in [7, 11) is 2.95. The Bertz CT molecular complexity index is 1540. The number of benzene rings is 3. The molecule has 0 aliphatic rings. The van der Waals surface area contributed by atoms with Crippen molar-refractivity contribution in [2.75, 3.05) is 19.5 Å². The number of urea groups is 1. The van der Waals surface area contributed by atoms with Gasteiger partial charge in [-0.05, 0) is 35.9 Å². The van der Waals surface area contributed by atoms with Crippen molar-refractivity contribution in [2.45, 2.75) is 12.6 Å². The summed E-state index contributed by atoms with van der Waals surface area (Å²) in [5.74, 6) is -0.807. The third kappa shape index (κ3) is 6.35. The average molecular weight is 543 g/mol. The van der Waals surface area contributed by atoms with Gasteiger partial charge >= 0.3 is 12.2 Å². The van der Waals surface area contributed by atoms with Crippen molar-refractivity contribution in [3.05, 3.63) is 83.8 Å². The fourth-order valence-electron chi connectivity index (χ4n) is 3.77. The number of carbonyl (C=O) groups excluding carboxylic acids is 2. The van der Waals surface area contributed by atoms with Crippen LogP contribution in [0.2, 0.25) is 0 Å². The maximum atomic E-state index is 14.8. The van der Waals surface area contributed by atoms with E-state index in [1.54, 1.807) is 12.1 Å². The molecule has 0 aliphatic carbocycles. The zero-order valence-corrected chi connectivity index (χ0v) is 20.6. The molecule has 1 aromatic heterocycles. The van der Waals surface area contributed by atoms with Gasteiger partial charge in [0.15, 0.2) is 23.1 Å². The van der Waals surface area contributed by atoms with Gasteiger partial charge in [-0.15, -0.1) is 0 Å². The fourth-order valence-corrected chi connectivity index (χ4v) is 3.77. The Morgan fingerprint density at radius 2 is 1.62 bits per heavy atom. The van der Waals surface area contributed by atoms with Crippen molar-refractivity contribution in [1.29, 1.82) is 0 Å². The first-order valence-corrected chi connectivity index (χ1v) is 11.3. The van der Waals surface area contributed by atoms with Crippen LogP contribution in [0, 0.1) is 5.82 Å². The number of anilines is 1. The SMILES string of the molecule is COc1cc2nccc(Oc3ccc(NC(=O)NC(=O)Cc4ccccc4C(F)(F)F)cc3F)c2cc1OC. The van der Waals surface area contributed by atoms with Crippen molar-refractivity contribution >= 4 is 28.5 Å². The van der Waals surface area contributed by atoms with Crippen LogP contribution in [0.3, 0.4) is 0 Å². The highest BCUT2D eigenvalue weighted by molar-refractivity contribution is 6.01. The molecule has 4 rings (SSSR count). The van der Waals surface area contributed by atoms with Crippen LogP contribution in [0.4, 0.5) is 28.0 Å². The Balaban J connectivity index is 1.44. The van der Waals surface area contributed by atoms with Gasteiger partial charge in [0, 0.05) is 29.4 Å². The number of imide groups is 1. The molecule has 3 amide bonds. The molecule has 0 atom stereocenters. The molecule has 0 spiro atoms. The third-order valence-electron chi connectivity index (χ3n) is 5.54. The second-order valence-electron chi connectivity index (χ2n) is 8.11. The van der Waals surface area contributed by atoms with Crippen LogP contribution in [-0.4, -0.2) is 31.1 Å². The van der Waals surface area contributed by atoms with Crippen molar-refractivity contribution in [1.82, 2.24) is 10.3 Å². The molecule has 0 saturated carbocycles. The minimum atomic E-state index is -4.65. The summed E-state index contributed by atoms with van der Waals surface area (Å²) >= 11 is 0. The molecule has 202 valence electrons. The molecule has 0 unspecified atom stereocenters. The van der Waals surface area contributed by atoms with Gasteiger partial charge in [0.25, 0.3) is 0 Å². The van der Waals surface area contributed by atoms with E-state index in [-0.39, 0.29) is 22.7 Å². The molecular formula is C27H21F4N3O5. The second-order valence-corrected chi connectivity index (χ2v) is 8.11. The highest BCUT2D eigenvalue weighted by atomic mass is 19.4. The van der Waals surface area contributed by atoms with E-state index < -0.39 is 35.9 Å². The largest absolute Gasteiger partial charge is 0.493 e. The Kier molecular flexibility index (Phi) is 7.84. The molecule has 0 bridgehead atoms. The monoisotopic (exact) mass is 543 g/mol. The molecular weight excluding hydrogens is 522 g/mol. The average Bonchev–Trinajstić information content (AvgIpc) is 2.89. The fraction of sp³-hybridized carbons (Fsp3) is 0.148. The van der Waals surface area contributed by atoms with E-state index in [1.807, 2.05) is 5.32 Å². The number of hydrogen-bond donors (Lipinski definition) is 2. The van der Waals surface area contributed by atoms with Crippen LogP contribution >= 0.6 is 0 Å².